The minimum Gasteiger partial charge on any atom is -0.367 e. The van der Waals surface area contributed by atoms with Crippen LogP contribution in [0.5, 0.6) is 0 Å². The molecule has 0 spiro atoms. The molecule has 100 valence electrons. The van der Waals surface area contributed by atoms with Gasteiger partial charge in [-0.2, -0.15) is 0 Å². The zero-order valence-corrected chi connectivity index (χ0v) is 11.3. The number of nitrogens with two attached hydrogens (primary N) is 1. The molecule has 1 aliphatic rings. The molecule has 1 aromatic rings. The average Bonchev–Trinajstić information content (AvgIpc) is 2.77. The van der Waals surface area contributed by atoms with Crippen molar-refractivity contribution in [3.8, 4) is 0 Å². The number of H-pyrrole nitrogens is 1. The van der Waals surface area contributed by atoms with Crippen LogP contribution >= 0.6 is 0 Å². The van der Waals surface area contributed by atoms with Crippen LogP contribution in [0.2, 0.25) is 0 Å². The fourth-order valence-electron chi connectivity index (χ4n) is 2.81. The van der Waals surface area contributed by atoms with Crippen LogP contribution in [0.1, 0.15) is 38.7 Å². The average molecular weight is 249 g/mol. The summed E-state index contributed by atoms with van der Waals surface area (Å²) in [6.45, 7) is 5.01. The van der Waals surface area contributed by atoms with Gasteiger partial charge < -0.3 is 15.6 Å². The highest BCUT2D eigenvalue weighted by Crippen LogP contribution is 2.27. The highest BCUT2D eigenvalue weighted by Gasteiger charge is 2.35. The van der Waals surface area contributed by atoms with Crippen LogP contribution in [0.4, 0.5) is 0 Å². The fourth-order valence-corrected chi connectivity index (χ4v) is 2.81. The lowest BCUT2D eigenvalue weighted by atomic mass is 9.87. The van der Waals surface area contributed by atoms with Gasteiger partial charge in [-0.1, -0.05) is 0 Å². The Morgan fingerprint density at radius 2 is 2.39 bits per heavy atom. The molecule has 0 aromatic carbocycles. The van der Waals surface area contributed by atoms with E-state index in [1.165, 1.54) is 5.56 Å². The Labute approximate surface area is 109 Å². The van der Waals surface area contributed by atoms with E-state index in [1.54, 1.807) is 0 Å². The predicted octanol–water partition coefficient (Wildman–Crippen LogP) is 1.68. The van der Waals surface area contributed by atoms with Crippen molar-refractivity contribution < 1.29 is 4.79 Å². The van der Waals surface area contributed by atoms with E-state index in [2.05, 4.69) is 18.8 Å². The molecule has 1 saturated heterocycles. The first kappa shape index (κ1) is 13.1. The highest BCUT2D eigenvalue weighted by atomic mass is 16.2. The standard InChI is InChI=1S/C14H23N3O/c1-14(2)9-12(15)6-8-17(14)13(18)4-3-11-5-7-16-10-11/h5,7,10,12,16H,3-4,6,8-9,15H2,1-2H3. The Balaban J connectivity index is 1.92. The fraction of sp³-hybridized carbons (Fsp3) is 0.643. The largest absolute Gasteiger partial charge is 0.367 e. The number of aromatic nitrogens is 1. The van der Waals surface area contributed by atoms with E-state index in [9.17, 15) is 4.79 Å². The van der Waals surface area contributed by atoms with Gasteiger partial charge in [0, 0.05) is 36.9 Å². The number of carbonyl (C=O) groups is 1. The number of nitrogens with one attached hydrogen (secondary N) is 1. The molecule has 2 heterocycles. The van der Waals surface area contributed by atoms with Crippen LogP contribution in [-0.4, -0.2) is 33.9 Å². The van der Waals surface area contributed by atoms with E-state index in [1.807, 2.05) is 23.4 Å². The summed E-state index contributed by atoms with van der Waals surface area (Å²) in [4.78, 5) is 17.3. The third-order valence-corrected chi connectivity index (χ3v) is 3.81. The van der Waals surface area contributed by atoms with Gasteiger partial charge >= 0.3 is 0 Å². The molecule has 1 atom stereocenters. The molecule has 1 amide bonds. The molecule has 3 N–H and O–H groups in total. The molecular formula is C14H23N3O. The molecule has 4 heteroatoms. The van der Waals surface area contributed by atoms with Crippen LogP contribution < -0.4 is 5.73 Å². The summed E-state index contributed by atoms with van der Waals surface area (Å²) >= 11 is 0. The van der Waals surface area contributed by atoms with Crippen molar-refractivity contribution in [1.29, 1.82) is 0 Å². The molecular weight excluding hydrogens is 226 g/mol. The summed E-state index contributed by atoms with van der Waals surface area (Å²) < 4.78 is 0. The van der Waals surface area contributed by atoms with Crippen molar-refractivity contribution in [1.82, 2.24) is 9.88 Å². The Bertz CT molecular complexity index is 397. The second kappa shape index (κ2) is 5.14. The van der Waals surface area contributed by atoms with Crippen molar-refractivity contribution >= 4 is 5.91 Å². The molecule has 1 aliphatic heterocycles. The predicted molar refractivity (Wildman–Crippen MR) is 72.1 cm³/mol. The lowest BCUT2D eigenvalue weighted by Crippen LogP contribution is -2.55. The number of aromatic amines is 1. The van der Waals surface area contributed by atoms with Crippen molar-refractivity contribution in [2.45, 2.75) is 51.1 Å². The molecule has 1 unspecified atom stereocenters. The maximum Gasteiger partial charge on any atom is 0.223 e. The Kier molecular flexibility index (Phi) is 3.76. The van der Waals surface area contributed by atoms with Crippen LogP contribution in [0.3, 0.4) is 0 Å². The summed E-state index contributed by atoms with van der Waals surface area (Å²) in [5.74, 6) is 0.244. The van der Waals surface area contributed by atoms with Gasteiger partial charge in [-0.15, -0.1) is 0 Å². The Hall–Kier alpha value is -1.29. The van der Waals surface area contributed by atoms with Crippen molar-refractivity contribution in [3.63, 3.8) is 0 Å². The van der Waals surface area contributed by atoms with E-state index in [0.29, 0.717) is 6.42 Å². The third kappa shape index (κ3) is 2.93. The quantitative estimate of drug-likeness (QED) is 0.856. The SMILES string of the molecule is CC1(C)CC(N)CCN1C(=O)CCc1cc[nH]c1. The second-order valence-corrected chi connectivity index (χ2v) is 5.83. The molecule has 1 fully saturated rings. The molecule has 2 rings (SSSR count). The minimum atomic E-state index is -0.104. The number of aryl methyl sites for hydroxylation is 1. The molecule has 0 aliphatic carbocycles. The summed E-state index contributed by atoms with van der Waals surface area (Å²) in [5, 5.41) is 0. The van der Waals surface area contributed by atoms with E-state index in [0.717, 1.165) is 25.8 Å². The number of hydrogen-bond donors (Lipinski definition) is 2. The van der Waals surface area contributed by atoms with Crippen molar-refractivity contribution in [2.24, 2.45) is 5.73 Å². The highest BCUT2D eigenvalue weighted by molar-refractivity contribution is 5.77. The Morgan fingerprint density at radius 1 is 1.61 bits per heavy atom. The first-order valence-electron chi connectivity index (χ1n) is 6.67. The van der Waals surface area contributed by atoms with E-state index in [4.69, 9.17) is 5.73 Å². The van der Waals surface area contributed by atoms with Gasteiger partial charge in [0.05, 0.1) is 0 Å². The van der Waals surface area contributed by atoms with Crippen LogP contribution in [-0.2, 0) is 11.2 Å². The van der Waals surface area contributed by atoms with Crippen LogP contribution in [0.15, 0.2) is 18.5 Å². The topological polar surface area (TPSA) is 62.1 Å². The van der Waals surface area contributed by atoms with Crippen LogP contribution in [0, 0.1) is 0 Å². The van der Waals surface area contributed by atoms with Gasteiger partial charge in [0.15, 0.2) is 0 Å². The number of hydrogen-bond acceptors (Lipinski definition) is 2. The van der Waals surface area contributed by atoms with Crippen molar-refractivity contribution in [2.75, 3.05) is 6.54 Å². The summed E-state index contributed by atoms with van der Waals surface area (Å²) in [5.41, 5.74) is 7.07. The number of carbonyl (C=O) groups excluding carboxylic acids is 1. The lowest BCUT2D eigenvalue weighted by Gasteiger charge is -2.45. The maximum atomic E-state index is 12.3. The Morgan fingerprint density at radius 3 is 3.00 bits per heavy atom. The monoisotopic (exact) mass is 249 g/mol. The summed E-state index contributed by atoms with van der Waals surface area (Å²) in [7, 11) is 0. The number of likely N-dealkylation sites (tertiary alicyclic amines) is 1. The number of rotatable bonds is 3. The lowest BCUT2D eigenvalue weighted by molar-refractivity contribution is -0.138. The van der Waals surface area contributed by atoms with E-state index >= 15 is 0 Å². The van der Waals surface area contributed by atoms with Gasteiger partial charge in [-0.05, 0) is 44.7 Å². The smallest absolute Gasteiger partial charge is 0.223 e. The van der Waals surface area contributed by atoms with Gasteiger partial charge in [0.25, 0.3) is 0 Å². The van der Waals surface area contributed by atoms with E-state index < -0.39 is 0 Å². The minimum absolute atomic E-state index is 0.104. The number of piperidine rings is 1. The number of nitrogens with zero attached hydrogens (tertiary/aromatic N) is 1. The molecule has 18 heavy (non-hydrogen) atoms. The zero-order valence-electron chi connectivity index (χ0n) is 11.3. The molecule has 4 nitrogen and oxygen atoms in total. The second-order valence-electron chi connectivity index (χ2n) is 5.83. The molecule has 0 bridgehead atoms. The van der Waals surface area contributed by atoms with Crippen LogP contribution in [0.25, 0.3) is 0 Å². The third-order valence-electron chi connectivity index (χ3n) is 3.81. The van der Waals surface area contributed by atoms with Crippen molar-refractivity contribution in [3.05, 3.63) is 24.0 Å². The molecule has 0 saturated carbocycles. The molecule has 0 radical (unpaired) electrons. The normalized spacial score (nSPS) is 23.1. The van der Waals surface area contributed by atoms with E-state index in [-0.39, 0.29) is 17.5 Å². The summed E-state index contributed by atoms with van der Waals surface area (Å²) in [6, 6.07) is 2.25. The zero-order chi connectivity index (χ0) is 13.2. The molecule has 1 aromatic heterocycles. The number of amides is 1. The van der Waals surface area contributed by atoms with Gasteiger partial charge in [0.1, 0.15) is 0 Å². The summed E-state index contributed by atoms with van der Waals surface area (Å²) in [6.07, 6.45) is 7.04. The van der Waals surface area contributed by atoms with Gasteiger partial charge in [-0.3, -0.25) is 4.79 Å². The van der Waals surface area contributed by atoms with Gasteiger partial charge in [-0.25, -0.2) is 0 Å². The first-order valence-corrected chi connectivity index (χ1v) is 6.67. The maximum absolute atomic E-state index is 12.3. The first-order chi connectivity index (χ1) is 8.49. The van der Waals surface area contributed by atoms with Gasteiger partial charge in [0.2, 0.25) is 5.91 Å².